The zero-order valence-corrected chi connectivity index (χ0v) is 80.1. The molecule has 5 N–H and O–H groups in total. The normalized spacial score (nSPS) is 17.0. The molecule has 0 aliphatic carbocycles. The first kappa shape index (κ1) is 103. The largest absolute Gasteiger partial charge is 0.481 e. The predicted molar refractivity (Wildman–Crippen MR) is 518 cm³/mol. The molecule has 42 heteroatoms. The molecule has 12 heterocycles. The molecule has 16 rings (SSSR count). The lowest BCUT2D eigenvalue weighted by Gasteiger charge is -2.13. The lowest BCUT2D eigenvalue weighted by Crippen LogP contribution is -2.36. The Morgan fingerprint density at radius 1 is 0.336 bits per heavy atom. The Hall–Kier alpha value is -16.4. The maximum atomic E-state index is 13.3. The number of aliphatic carboxylic acids is 1. The van der Waals surface area contributed by atoms with Gasteiger partial charge >= 0.3 is 0 Å². The van der Waals surface area contributed by atoms with Crippen molar-refractivity contribution in [2.75, 3.05) is 46.0 Å². The number of sulfone groups is 4. The van der Waals surface area contributed by atoms with E-state index < -0.39 is 115 Å². The second-order valence-corrected chi connectivity index (χ2v) is 41.9. The van der Waals surface area contributed by atoms with Crippen LogP contribution in [0.25, 0.3) is 46.9 Å². The van der Waals surface area contributed by atoms with E-state index in [0.29, 0.717) is 45.6 Å². The smallest absolute Gasteiger partial charge is 0.300 e. The van der Waals surface area contributed by atoms with Crippen molar-refractivity contribution >= 4 is 116 Å². The molecule has 4 saturated heterocycles. The van der Waals surface area contributed by atoms with Crippen molar-refractivity contribution < 1.29 is 81.7 Å². The van der Waals surface area contributed by atoms with E-state index in [-0.39, 0.29) is 140 Å². The number of nitriles is 4. The molecule has 140 heavy (non-hydrogen) atoms. The van der Waals surface area contributed by atoms with E-state index in [0.717, 1.165) is 75.7 Å². The Bertz CT molecular complexity index is 7190. The number of fused-ring (bicyclic) bond motifs is 4. The highest BCUT2D eigenvalue weighted by Gasteiger charge is 2.35. The monoisotopic (exact) mass is 1970 g/mol. The molecule has 0 spiro atoms. The summed E-state index contributed by atoms with van der Waals surface area (Å²) in [7, 11) is -12.9. The van der Waals surface area contributed by atoms with Crippen LogP contribution in [-0.2, 0) is 63.3 Å². The number of pyridine rings is 4. The van der Waals surface area contributed by atoms with E-state index in [2.05, 4.69) is 41.2 Å². The van der Waals surface area contributed by atoms with Crippen molar-refractivity contribution in [1.82, 2.24) is 58.8 Å². The van der Waals surface area contributed by atoms with Crippen LogP contribution in [-0.4, -0.2) is 176 Å². The number of nitrogens with one attached hydrogen (secondary N) is 4. The van der Waals surface area contributed by atoms with Gasteiger partial charge in [-0.25, -0.2) is 33.7 Å². The lowest BCUT2D eigenvalue weighted by atomic mass is 10.1. The number of carboxylic acid groups (broad SMARTS) is 1. The van der Waals surface area contributed by atoms with E-state index in [4.69, 9.17) is 28.8 Å². The second-order valence-electron chi connectivity index (χ2n) is 33.0. The van der Waals surface area contributed by atoms with E-state index in [1.165, 1.54) is 42.4 Å². The van der Waals surface area contributed by atoms with Gasteiger partial charge in [-0.1, -0.05) is 72.8 Å². The quantitative estimate of drug-likeness (QED) is 0.0350. The molecule has 0 saturated carbocycles. The number of hydrogen-bond acceptors (Lipinski definition) is 29. The number of hydrogen-bond donors (Lipinski definition) is 5. The maximum Gasteiger partial charge on any atom is 0.300 e. The van der Waals surface area contributed by atoms with Gasteiger partial charge in [0.2, 0.25) is 23.5 Å². The van der Waals surface area contributed by atoms with Crippen molar-refractivity contribution in [3.8, 4) is 70.8 Å². The first-order valence-electron chi connectivity index (χ1n) is 43.2. The van der Waals surface area contributed by atoms with Gasteiger partial charge in [0, 0.05) is 55.9 Å². The van der Waals surface area contributed by atoms with Crippen LogP contribution >= 0.6 is 0 Å². The molecule has 4 unspecified atom stereocenters. The zero-order chi connectivity index (χ0) is 101. The molecule has 12 aromatic rings. The molecule has 720 valence electrons. The van der Waals surface area contributed by atoms with Crippen molar-refractivity contribution in [2.45, 2.75) is 112 Å². The second kappa shape index (κ2) is 44.2. The highest BCUT2D eigenvalue weighted by Crippen LogP contribution is 2.35. The summed E-state index contributed by atoms with van der Waals surface area (Å²) in [4.78, 5) is 131. The fraction of sp³-hybridized carbons (Fsp3) is 0.255. The van der Waals surface area contributed by atoms with Crippen molar-refractivity contribution in [1.29, 1.82) is 21.0 Å². The van der Waals surface area contributed by atoms with Crippen LogP contribution in [0, 0.1) is 101 Å². The van der Waals surface area contributed by atoms with Gasteiger partial charge in [-0.05, 0) is 223 Å². The molecule has 8 aromatic heterocycles. The van der Waals surface area contributed by atoms with Crippen LogP contribution in [0.4, 0.5) is 0 Å². The summed E-state index contributed by atoms with van der Waals surface area (Å²) in [5.41, 5.74) is 4.90. The number of aryl methyl sites for hydroxylation is 4. The first-order valence-corrected chi connectivity index (χ1v) is 50.5. The molecule has 38 nitrogen and oxygen atoms in total. The van der Waals surface area contributed by atoms with Gasteiger partial charge in [-0.3, -0.25) is 60.8 Å². The number of amides is 4. The molecule has 0 bridgehead atoms. The van der Waals surface area contributed by atoms with Gasteiger partial charge in [-0.15, -0.1) is 0 Å². The van der Waals surface area contributed by atoms with Crippen LogP contribution in [0.15, 0.2) is 212 Å². The molecule has 0 radical (unpaired) electrons. The number of aromatic nitrogens is 8. The maximum absolute atomic E-state index is 13.3. The van der Waals surface area contributed by atoms with E-state index in [9.17, 15) is 93.1 Å². The lowest BCUT2D eigenvalue weighted by molar-refractivity contribution is -0.134. The topological polar surface area (TPSA) is 560 Å². The number of rotatable bonds is 20. The third kappa shape index (κ3) is 25.4. The van der Waals surface area contributed by atoms with Gasteiger partial charge in [0.1, 0.15) is 114 Å². The van der Waals surface area contributed by atoms with Crippen LogP contribution < -0.4 is 62.5 Å². The molecule has 4 amide bonds. The number of benzene rings is 4. The minimum atomic E-state index is -3.21. The number of nitrogens with zero attached hydrogens (tertiary/aromatic N) is 12. The summed E-state index contributed by atoms with van der Waals surface area (Å²) in [6.07, 6.45) is 11.7. The molecule has 4 aliphatic heterocycles. The SMILES string of the molecule is CC(=O)O.Cc1cccc(Oc2nc3ccccn3c(=O)c2/C=C(\C#N)C(=O)NC2CCS(=O)(=O)C2)c1C.Cc1cccc(Oc2nc3ccccn3c(=O)c2/C=C(\C#N)C(=O)NC2CCS(=O)(=O)C2)c1C.Cc1cccc(Oc2nc3ccccn3c(=O)c2/C=C(\C#N)C(=O)NC2CCS(=O)(=O)C2)c1C.Cc1cccc(Oc2nc3ccccn3c(=O)c2/C=C(\C#N)C(=O)NC2CCS(=O)(=O)C2)c1C. The number of carbonyl (C=O) groups excluding carboxylic acids is 4. The fourth-order valence-electron chi connectivity index (χ4n) is 14.8. The summed E-state index contributed by atoms with van der Waals surface area (Å²) in [6.45, 7) is 16.3. The standard InChI is InChI=1S/4C24H22N4O5S.C2H4O2/c4*1-15-6-5-7-20(16(15)2)33-23-19(24(30)28-10-4-3-8-21(28)27-23)12-17(13-25)22(29)26-18-9-11-34(31,32)14-18;1-2(3)4/h4*3-8,10,12,18H,9,11,14H2,1-2H3,(H,26,29);1H3,(H,3,4)/b4*17-12+;. The molecule has 4 fully saturated rings. The van der Waals surface area contributed by atoms with E-state index in [1.807, 2.05) is 104 Å². The van der Waals surface area contributed by atoms with Gasteiger partial charge in [-0.2, -0.15) is 41.0 Å². The summed E-state index contributed by atoms with van der Waals surface area (Å²) in [6, 6.07) is 46.9. The van der Waals surface area contributed by atoms with E-state index in [1.54, 1.807) is 121 Å². The zero-order valence-electron chi connectivity index (χ0n) is 76.8. The summed E-state index contributed by atoms with van der Waals surface area (Å²) in [5, 5.41) is 56.2. The number of ether oxygens (including phenoxy) is 4. The minimum Gasteiger partial charge on any atom is -0.481 e. The summed E-state index contributed by atoms with van der Waals surface area (Å²) < 4.78 is 123. The molecule has 4 aromatic carbocycles. The third-order valence-electron chi connectivity index (χ3n) is 22.9. The third-order valence-corrected chi connectivity index (χ3v) is 29.9. The highest BCUT2D eigenvalue weighted by molar-refractivity contribution is 7.92. The van der Waals surface area contributed by atoms with Gasteiger partial charge < -0.3 is 45.3 Å². The first-order chi connectivity index (χ1) is 66.5. The minimum absolute atomic E-state index is 0.0205. The van der Waals surface area contributed by atoms with Crippen LogP contribution in [0.3, 0.4) is 0 Å². The Labute approximate surface area is 802 Å². The van der Waals surface area contributed by atoms with Crippen LogP contribution in [0.5, 0.6) is 46.5 Å². The summed E-state index contributed by atoms with van der Waals surface area (Å²) in [5.74, 6) is -2.94. The fourth-order valence-corrected chi connectivity index (χ4v) is 21.4. The number of carbonyl (C=O) groups is 5. The van der Waals surface area contributed by atoms with Crippen molar-refractivity contribution in [2.24, 2.45) is 0 Å². The Kier molecular flexibility index (Phi) is 32.3. The molecular weight excluding hydrogens is 1880 g/mol. The van der Waals surface area contributed by atoms with E-state index >= 15 is 0 Å². The molecule has 4 atom stereocenters. The molecule has 4 aliphatic rings. The van der Waals surface area contributed by atoms with Crippen LogP contribution in [0.1, 0.15) is 99.4 Å². The predicted octanol–water partition coefficient (Wildman–Crippen LogP) is 9.35. The number of carboxylic acids is 1. The average molecular weight is 1970 g/mol. The Balaban J connectivity index is 0.000000165. The average Bonchev–Trinajstić information content (AvgIpc) is 0.934. The Morgan fingerprint density at radius 3 is 0.700 bits per heavy atom. The highest BCUT2D eigenvalue weighted by atomic mass is 32.2. The van der Waals surface area contributed by atoms with Crippen molar-refractivity contribution in [3.05, 3.63) is 301 Å². The van der Waals surface area contributed by atoms with Gasteiger partial charge in [0.05, 0.1) is 46.0 Å². The van der Waals surface area contributed by atoms with Gasteiger partial charge in [0.25, 0.3) is 51.8 Å². The summed E-state index contributed by atoms with van der Waals surface area (Å²) >= 11 is 0. The molecular formula is C98H92N16O22S4. The van der Waals surface area contributed by atoms with Crippen molar-refractivity contribution in [3.63, 3.8) is 0 Å². The van der Waals surface area contributed by atoms with Gasteiger partial charge in [0.15, 0.2) is 39.3 Å². The Morgan fingerprint density at radius 2 is 0.529 bits per heavy atom. The van der Waals surface area contributed by atoms with Crippen LogP contribution in [0.2, 0.25) is 0 Å².